The highest BCUT2D eigenvalue weighted by atomic mass is 16.5. The molecule has 4 N–H and O–H groups in total. The standard InChI is InChI=1S/C25H28N6O4/c1-35-21-6-2-5-18-17(21)11-19(30-18)23(33)31-20(12-25(14-27)7-8-25)24(34)29-16(13-26)10-15-4-3-9-28-22(15)32/h2,5-6,11,15-16,20,30H,3-4,7-10,12H2,1H3,(H,28,32)(H,29,34)(H,31,33)/t15-,16-,20-/m0/s1. The van der Waals surface area contributed by atoms with Gasteiger partial charge in [0.25, 0.3) is 5.91 Å². The summed E-state index contributed by atoms with van der Waals surface area (Å²) in [7, 11) is 1.54. The number of hydrogen-bond acceptors (Lipinski definition) is 6. The minimum absolute atomic E-state index is 0.119. The lowest BCUT2D eigenvalue weighted by Crippen LogP contribution is -2.51. The number of fused-ring (bicyclic) bond motifs is 1. The third-order valence-electron chi connectivity index (χ3n) is 6.79. The molecule has 2 aromatic rings. The first-order valence-electron chi connectivity index (χ1n) is 11.7. The van der Waals surface area contributed by atoms with Crippen LogP contribution in [0, 0.1) is 34.0 Å². The number of rotatable bonds is 9. The van der Waals surface area contributed by atoms with E-state index in [1.54, 1.807) is 25.3 Å². The van der Waals surface area contributed by atoms with Crippen molar-refractivity contribution in [1.82, 2.24) is 20.9 Å². The van der Waals surface area contributed by atoms with Gasteiger partial charge < -0.3 is 25.7 Å². The molecule has 1 aliphatic carbocycles. The zero-order valence-electron chi connectivity index (χ0n) is 19.5. The van der Waals surface area contributed by atoms with E-state index in [9.17, 15) is 24.9 Å². The third-order valence-corrected chi connectivity index (χ3v) is 6.79. The van der Waals surface area contributed by atoms with E-state index in [2.05, 4.69) is 33.1 Å². The van der Waals surface area contributed by atoms with Crippen LogP contribution in [0.4, 0.5) is 0 Å². The Kier molecular flexibility index (Phi) is 6.92. The molecule has 3 amide bonds. The highest BCUT2D eigenvalue weighted by Crippen LogP contribution is 2.48. The summed E-state index contributed by atoms with van der Waals surface area (Å²) in [6, 6.07) is 9.46. The summed E-state index contributed by atoms with van der Waals surface area (Å²) >= 11 is 0. The van der Waals surface area contributed by atoms with Crippen molar-refractivity contribution in [3.05, 3.63) is 30.0 Å². The Morgan fingerprint density at radius 1 is 1.29 bits per heavy atom. The number of H-pyrrole nitrogens is 1. The SMILES string of the molecule is COc1cccc2[nH]c(C(=O)N[C@@H](CC3(C#N)CC3)C(=O)N[C@H](C#N)C[C@@H]3CCCNC3=O)cc12. The van der Waals surface area contributed by atoms with Gasteiger partial charge in [0.2, 0.25) is 11.8 Å². The van der Waals surface area contributed by atoms with E-state index in [4.69, 9.17) is 4.74 Å². The van der Waals surface area contributed by atoms with Gasteiger partial charge in [-0.1, -0.05) is 6.07 Å². The number of ether oxygens (including phenoxy) is 1. The zero-order chi connectivity index (χ0) is 25.0. The molecule has 0 radical (unpaired) electrons. The number of aromatic nitrogens is 1. The second-order valence-corrected chi connectivity index (χ2v) is 9.28. The van der Waals surface area contributed by atoms with Crippen molar-refractivity contribution in [2.45, 2.75) is 50.6 Å². The Morgan fingerprint density at radius 3 is 2.74 bits per heavy atom. The van der Waals surface area contributed by atoms with E-state index in [-0.39, 0.29) is 30.4 Å². The predicted molar refractivity (Wildman–Crippen MR) is 126 cm³/mol. The lowest BCUT2D eigenvalue weighted by molar-refractivity contribution is -0.128. The van der Waals surface area contributed by atoms with Gasteiger partial charge in [0.05, 0.1) is 24.7 Å². The van der Waals surface area contributed by atoms with Gasteiger partial charge in [-0.15, -0.1) is 0 Å². The molecule has 1 saturated carbocycles. The Balaban J connectivity index is 1.49. The molecule has 1 aliphatic heterocycles. The normalized spacial score (nSPS) is 20.0. The summed E-state index contributed by atoms with van der Waals surface area (Å²) in [5, 5.41) is 28.1. The van der Waals surface area contributed by atoms with E-state index >= 15 is 0 Å². The number of nitrogens with one attached hydrogen (secondary N) is 4. The molecular weight excluding hydrogens is 448 g/mol. The first kappa shape index (κ1) is 24.1. The van der Waals surface area contributed by atoms with Gasteiger partial charge in [0.15, 0.2) is 0 Å². The van der Waals surface area contributed by atoms with Crippen LogP contribution in [-0.2, 0) is 9.59 Å². The van der Waals surface area contributed by atoms with Crippen LogP contribution in [0.3, 0.4) is 0 Å². The molecule has 1 aromatic carbocycles. The summed E-state index contributed by atoms with van der Waals surface area (Å²) < 4.78 is 5.34. The first-order valence-corrected chi connectivity index (χ1v) is 11.7. The quantitative estimate of drug-likeness (QED) is 0.432. The van der Waals surface area contributed by atoms with E-state index < -0.39 is 29.3 Å². The fourth-order valence-corrected chi connectivity index (χ4v) is 4.54. The van der Waals surface area contributed by atoms with Crippen LogP contribution in [-0.4, -0.2) is 48.4 Å². The number of aromatic amines is 1. The van der Waals surface area contributed by atoms with Crippen molar-refractivity contribution >= 4 is 28.6 Å². The van der Waals surface area contributed by atoms with Gasteiger partial charge >= 0.3 is 0 Å². The summed E-state index contributed by atoms with van der Waals surface area (Å²) in [6.07, 6.45) is 3.11. The Labute approximate surface area is 203 Å². The van der Waals surface area contributed by atoms with Crippen molar-refractivity contribution in [1.29, 1.82) is 10.5 Å². The molecule has 2 aliphatic rings. The summed E-state index contributed by atoms with van der Waals surface area (Å²) in [5.41, 5.74) is 0.297. The zero-order valence-corrected chi connectivity index (χ0v) is 19.5. The topological polar surface area (TPSA) is 160 Å². The average molecular weight is 477 g/mol. The lowest BCUT2D eigenvalue weighted by atomic mass is 9.91. The van der Waals surface area contributed by atoms with Gasteiger partial charge in [-0.3, -0.25) is 14.4 Å². The number of piperidine rings is 1. The molecule has 1 saturated heterocycles. The largest absolute Gasteiger partial charge is 0.496 e. The van der Waals surface area contributed by atoms with Gasteiger partial charge in [0, 0.05) is 23.4 Å². The highest BCUT2D eigenvalue weighted by Gasteiger charge is 2.46. The maximum absolute atomic E-state index is 13.2. The minimum Gasteiger partial charge on any atom is -0.496 e. The second-order valence-electron chi connectivity index (χ2n) is 9.28. The average Bonchev–Trinajstić information content (AvgIpc) is 3.50. The molecule has 2 heterocycles. The van der Waals surface area contributed by atoms with Crippen LogP contribution in [0.2, 0.25) is 0 Å². The summed E-state index contributed by atoms with van der Waals surface area (Å²) in [6.45, 7) is 0.614. The Bertz CT molecular complexity index is 1220. The molecule has 1 aromatic heterocycles. The molecule has 2 fully saturated rings. The molecule has 10 nitrogen and oxygen atoms in total. The van der Waals surface area contributed by atoms with Gasteiger partial charge in [-0.2, -0.15) is 10.5 Å². The van der Waals surface area contributed by atoms with Crippen molar-refractivity contribution in [2.75, 3.05) is 13.7 Å². The fourth-order valence-electron chi connectivity index (χ4n) is 4.54. The molecule has 0 unspecified atom stereocenters. The predicted octanol–water partition coefficient (Wildman–Crippen LogP) is 1.89. The van der Waals surface area contributed by atoms with Crippen LogP contribution in [0.15, 0.2) is 24.3 Å². The van der Waals surface area contributed by atoms with Crippen LogP contribution in [0.5, 0.6) is 5.75 Å². The fraction of sp³-hybridized carbons (Fsp3) is 0.480. The Morgan fingerprint density at radius 2 is 2.09 bits per heavy atom. The van der Waals surface area contributed by atoms with Crippen molar-refractivity contribution in [3.63, 3.8) is 0 Å². The summed E-state index contributed by atoms with van der Waals surface area (Å²) in [4.78, 5) is 41.4. The maximum Gasteiger partial charge on any atom is 0.268 e. The first-order chi connectivity index (χ1) is 16.9. The van der Waals surface area contributed by atoms with Crippen molar-refractivity contribution in [2.24, 2.45) is 11.3 Å². The Hall–Kier alpha value is -4.05. The number of methoxy groups -OCH3 is 1. The van der Waals surface area contributed by atoms with E-state index in [1.807, 2.05) is 6.07 Å². The van der Waals surface area contributed by atoms with Gasteiger partial charge in [-0.25, -0.2) is 0 Å². The van der Waals surface area contributed by atoms with E-state index in [0.717, 1.165) is 11.8 Å². The number of benzene rings is 1. The molecule has 0 bridgehead atoms. The van der Waals surface area contributed by atoms with Crippen molar-refractivity contribution < 1.29 is 19.1 Å². The molecule has 3 atom stereocenters. The number of carbonyl (C=O) groups is 3. The van der Waals surface area contributed by atoms with Gasteiger partial charge in [-0.05, 0) is 56.7 Å². The minimum atomic E-state index is -1.01. The summed E-state index contributed by atoms with van der Waals surface area (Å²) in [5.74, 6) is -0.908. The van der Waals surface area contributed by atoms with Crippen molar-refractivity contribution in [3.8, 4) is 17.9 Å². The van der Waals surface area contributed by atoms with E-state index in [0.29, 0.717) is 37.1 Å². The monoisotopic (exact) mass is 476 g/mol. The smallest absolute Gasteiger partial charge is 0.268 e. The third kappa shape index (κ3) is 5.38. The van der Waals surface area contributed by atoms with Gasteiger partial charge in [0.1, 0.15) is 23.5 Å². The number of carbonyl (C=O) groups excluding carboxylic acids is 3. The molecule has 182 valence electrons. The van der Waals surface area contributed by atoms with Crippen LogP contribution in [0.1, 0.15) is 49.0 Å². The van der Waals surface area contributed by atoms with Crippen LogP contribution in [0.25, 0.3) is 10.9 Å². The lowest BCUT2D eigenvalue weighted by Gasteiger charge is -2.25. The van der Waals surface area contributed by atoms with Crippen LogP contribution < -0.4 is 20.7 Å². The number of amides is 3. The van der Waals surface area contributed by atoms with E-state index in [1.165, 1.54) is 0 Å². The molecule has 0 spiro atoms. The molecule has 4 rings (SSSR count). The number of nitriles is 2. The number of nitrogens with zero attached hydrogens (tertiary/aromatic N) is 2. The molecule has 35 heavy (non-hydrogen) atoms. The molecule has 10 heteroatoms. The van der Waals surface area contributed by atoms with Crippen LogP contribution >= 0.6 is 0 Å². The highest BCUT2D eigenvalue weighted by molar-refractivity contribution is 6.01. The maximum atomic E-state index is 13.2. The number of hydrogen-bond donors (Lipinski definition) is 4. The second kappa shape index (κ2) is 10.1. The molecular formula is C25H28N6O4.